The Kier molecular flexibility index (Phi) is 6.09. The summed E-state index contributed by atoms with van der Waals surface area (Å²) < 4.78 is 5.53. The number of nitrogens with one attached hydrogen (secondary N) is 1. The number of carbonyl (C=O) groups excluding carboxylic acids is 1. The highest BCUT2D eigenvalue weighted by atomic mass is 16.6. The van der Waals surface area contributed by atoms with Crippen molar-refractivity contribution in [2.45, 2.75) is 89.5 Å². The molecule has 0 spiro atoms. The Balaban J connectivity index is 1.87. The monoisotopic (exact) mass is 312 g/mol. The molecule has 3 atom stereocenters. The van der Waals surface area contributed by atoms with Crippen molar-refractivity contribution in [3.05, 3.63) is 0 Å². The second-order valence-electron chi connectivity index (χ2n) is 7.69. The summed E-state index contributed by atoms with van der Waals surface area (Å²) >= 11 is 0. The van der Waals surface area contributed by atoms with Crippen molar-refractivity contribution in [3.8, 4) is 0 Å². The summed E-state index contributed by atoms with van der Waals surface area (Å²) in [6.07, 6.45) is 6.96. The molecule has 0 aromatic heterocycles. The van der Waals surface area contributed by atoms with Gasteiger partial charge in [-0.2, -0.15) is 0 Å². The van der Waals surface area contributed by atoms with Crippen molar-refractivity contribution in [2.24, 2.45) is 0 Å². The Hall–Kier alpha value is -0.810. The highest BCUT2D eigenvalue weighted by molar-refractivity contribution is 5.68. The van der Waals surface area contributed by atoms with Gasteiger partial charge in [0.1, 0.15) is 5.60 Å². The maximum absolute atomic E-state index is 12.4. The minimum absolute atomic E-state index is 0.177. The molecular formula is C17H32N2O3. The maximum Gasteiger partial charge on any atom is 0.410 e. The zero-order valence-corrected chi connectivity index (χ0v) is 14.3. The van der Waals surface area contributed by atoms with Gasteiger partial charge in [0.2, 0.25) is 0 Å². The molecule has 2 N–H and O–H groups in total. The summed E-state index contributed by atoms with van der Waals surface area (Å²) in [5.74, 6) is 0. The van der Waals surface area contributed by atoms with Crippen LogP contribution in [-0.4, -0.2) is 53.0 Å². The van der Waals surface area contributed by atoms with Crippen LogP contribution in [0.1, 0.15) is 65.7 Å². The largest absolute Gasteiger partial charge is 0.444 e. The number of nitrogens with zero attached hydrogens (tertiary/aromatic N) is 1. The average molecular weight is 312 g/mol. The minimum atomic E-state index is -0.452. The van der Waals surface area contributed by atoms with Crippen molar-refractivity contribution < 1.29 is 14.6 Å². The van der Waals surface area contributed by atoms with Crippen LogP contribution >= 0.6 is 0 Å². The highest BCUT2D eigenvalue weighted by Crippen LogP contribution is 2.22. The van der Waals surface area contributed by atoms with Gasteiger partial charge in [-0.25, -0.2) is 4.79 Å². The first kappa shape index (κ1) is 17.5. The van der Waals surface area contributed by atoms with E-state index in [1.54, 1.807) is 0 Å². The van der Waals surface area contributed by atoms with E-state index in [1.165, 1.54) is 6.42 Å². The van der Waals surface area contributed by atoms with E-state index in [-0.39, 0.29) is 24.3 Å². The van der Waals surface area contributed by atoms with E-state index in [0.29, 0.717) is 0 Å². The lowest BCUT2D eigenvalue weighted by Crippen LogP contribution is -2.53. The fraction of sp³-hybridized carbons (Fsp3) is 0.941. The SMILES string of the molecule is CC(C)(C)OC(=O)N1CCCCC1CNC1CCCCC1O. The standard InChI is InChI=1S/C17H32N2O3/c1-17(2,3)22-16(21)19-11-7-6-8-13(19)12-18-14-9-4-5-10-15(14)20/h13-15,18,20H,4-12H2,1-3H3. The highest BCUT2D eigenvalue weighted by Gasteiger charge is 2.31. The van der Waals surface area contributed by atoms with E-state index >= 15 is 0 Å². The smallest absolute Gasteiger partial charge is 0.410 e. The van der Waals surface area contributed by atoms with Gasteiger partial charge in [0.15, 0.2) is 0 Å². The van der Waals surface area contributed by atoms with E-state index in [2.05, 4.69) is 5.32 Å². The topological polar surface area (TPSA) is 61.8 Å². The molecule has 2 rings (SSSR count). The summed E-state index contributed by atoms with van der Waals surface area (Å²) in [6.45, 7) is 7.23. The predicted molar refractivity (Wildman–Crippen MR) is 86.8 cm³/mol. The number of aliphatic hydroxyl groups excluding tert-OH is 1. The van der Waals surface area contributed by atoms with Crippen molar-refractivity contribution in [1.29, 1.82) is 0 Å². The van der Waals surface area contributed by atoms with E-state index in [0.717, 1.165) is 51.6 Å². The lowest BCUT2D eigenvalue weighted by molar-refractivity contribution is 0.00836. The molecule has 0 bridgehead atoms. The second kappa shape index (κ2) is 7.64. The Morgan fingerprint density at radius 1 is 1.18 bits per heavy atom. The predicted octanol–water partition coefficient (Wildman–Crippen LogP) is 2.67. The molecule has 5 heteroatoms. The number of aliphatic hydroxyl groups is 1. The molecule has 1 saturated heterocycles. The Bertz CT molecular complexity index is 367. The number of carbonyl (C=O) groups is 1. The van der Waals surface area contributed by atoms with Gasteiger partial charge in [0.25, 0.3) is 0 Å². The molecule has 5 nitrogen and oxygen atoms in total. The number of piperidine rings is 1. The number of amides is 1. The summed E-state index contributed by atoms with van der Waals surface area (Å²) in [5, 5.41) is 13.5. The second-order valence-corrected chi connectivity index (χ2v) is 7.69. The molecule has 1 heterocycles. The van der Waals surface area contributed by atoms with Crippen LogP contribution in [-0.2, 0) is 4.74 Å². The van der Waals surface area contributed by atoms with Gasteiger partial charge in [-0.1, -0.05) is 12.8 Å². The molecule has 1 aliphatic heterocycles. The number of ether oxygens (including phenoxy) is 1. The van der Waals surface area contributed by atoms with Crippen molar-refractivity contribution >= 4 is 6.09 Å². The first-order chi connectivity index (χ1) is 10.4. The van der Waals surface area contributed by atoms with E-state index < -0.39 is 5.60 Å². The summed E-state index contributed by atoms with van der Waals surface area (Å²) in [4.78, 5) is 14.2. The van der Waals surface area contributed by atoms with Gasteiger partial charge in [-0.05, 0) is 52.9 Å². The van der Waals surface area contributed by atoms with Crippen LogP contribution in [0.4, 0.5) is 4.79 Å². The molecule has 3 unspecified atom stereocenters. The summed E-state index contributed by atoms with van der Waals surface area (Å²) in [5.41, 5.74) is -0.452. The van der Waals surface area contributed by atoms with Gasteiger partial charge >= 0.3 is 6.09 Å². The van der Waals surface area contributed by atoms with E-state index in [1.807, 2.05) is 25.7 Å². The molecule has 2 fully saturated rings. The number of rotatable bonds is 3. The van der Waals surface area contributed by atoms with Crippen LogP contribution in [0.5, 0.6) is 0 Å². The van der Waals surface area contributed by atoms with Gasteiger partial charge in [-0.15, -0.1) is 0 Å². The molecule has 1 aliphatic carbocycles. The fourth-order valence-corrected chi connectivity index (χ4v) is 3.41. The third-order valence-electron chi connectivity index (χ3n) is 4.60. The molecule has 0 aromatic carbocycles. The molecular weight excluding hydrogens is 280 g/mol. The maximum atomic E-state index is 12.4. The Morgan fingerprint density at radius 3 is 2.55 bits per heavy atom. The van der Waals surface area contributed by atoms with Crippen LogP contribution in [0.3, 0.4) is 0 Å². The first-order valence-electron chi connectivity index (χ1n) is 8.78. The molecule has 22 heavy (non-hydrogen) atoms. The molecule has 0 radical (unpaired) electrons. The Morgan fingerprint density at radius 2 is 1.86 bits per heavy atom. The van der Waals surface area contributed by atoms with Crippen LogP contribution in [0.25, 0.3) is 0 Å². The van der Waals surface area contributed by atoms with Crippen LogP contribution in [0.2, 0.25) is 0 Å². The van der Waals surface area contributed by atoms with E-state index in [4.69, 9.17) is 4.74 Å². The quantitative estimate of drug-likeness (QED) is 0.841. The minimum Gasteiger partial charge on any atom is -0.444 e. The zero-order chi connectivity index (χ0) is 16.2. The van der Waals surface area contributed by atoms with Crippen molar-refractivity contribution in [2.75, 3.05) is 13.1 Å². The van der Waals surface area contributed by atoms with Crippen molar-refractivity contribution in [1.82, 2.24) is 10.2 Å². The van der Waals surface area contributed by atoms with Crippen LogP contribution in [0.15, 0.2) is 0 Å². The van der Waals surface area contributed by atoms with Crippen LogP contribution < -0.4 is 5.32 Å². The molecule has 2 aliphatic rings. The average Bonchev–Trinajstić information content (AvgIpc) is 2.45. The molecule has 1 saturated carbocycles. The molecule has 0 aromatic rings. The normalized spacial score (nSPS) is 30.2. The van der Waals surface area contributed by atoms with Crippen LogP contribution in [0, 0.1) is 0 Å². The number of hydrogen-bond donors (Lipinski definition) is 2. The fourth-order valence-electron chi connectivity index (χ4n) is 3.41. The zero-order valence-electron chi connectivity index (χ0n) is 14.3. The van der Waals surface area contributed by atoms with Gasteiger partial charge in [0, 0.05) is 25.2 Å². The molecule has 128 valence electrons. The lowest BCUT2D eigenvalue weighted by atomic mass is 9.92. The molecule has 1 amide bonds. The first-order valence-corrected chi connectivity index (χ1v) is 8.78. The van der Waals surface area contributed by atoms with Gasteiger partial charge in [0.05, 0.1) is 6.10 Å². The van der Waals surface area contributed by atoms with Crippen molar-refractivity contribution in [3.63, 3.8) is 0 Å². The summed E-state index contributed by atoms with van der Waals surface area (Å²) in [6, 6.07) is 0.355. The number of hydrogen-bond acceptors (Lipinski definition) is 4. The third-order valence-corrected chi connectivity index (χ3v) is 4.60. The number of likely N-dealkylation sites (tertiary alicyclic amines) is 1. The van der Waals surface area contributed by atoms with E-state index in [9.17, 15) is 9.90 Å². The lowest BCUT2D eigenvalue weighted by Gasteiger charge is -2.38. The Labute approximate surface area is 134 Å². The van der Waals surface area contributed by atoms with Gasteiger partial charge in [-0.3, -0.25) is 0 Å². The third kappa shape index (κ3) is 5.13. The summed E-state index contributed by atoms with van der Waals surface area (Å²) in [7, 11) is 0. The van der Waals surface area contributed by atoms with Gasteiger partial charge < -0.3 is 20.1 Å².